The lowest BCUT2D eigenvalue weighted by Crippen LogP contribution is -2.43. The first kappa shape index (κ1) is 12.1. The minimum atomic E-state index is 0.532. The number of fused-ring (bicyclic) bond motifs is 1. The Labute approximate surface area is 112 Å². The van der Waals surface area contributed by atoms with Gasteiger partial charge in [-0.15, -0.1) is 0 Å². The summed E-state index contributed by atoms with van der Waals surface area (Å²) in [5, 5.41) is 1.07. The Kier molecular flexibility index (Phi) is 3.19. The molecule has 0 unspecified atom stereocenters. The second-order valence-corrected chi connectivity index (χ2v) is 5.28. The molecule has 1 fully saturated rings. The highest BCUT2D eigenvalue weighted by Gasteiger charge is 2.32. The third-order valence-corrected chi connectivity index (χ3v) is 4.12. The monoisotopic (exact) mass is 258 g/mol. The molecule has 100 valence electrons. The molecule has 0 aliphatic heterocycles. The molecule has 0 radical (unpaired) electrons. The van der Waals surface area contributed by atoms with Gasteiger partial charge in [0.05, 0.1) is 5.39 Å². The molecule has 0 bridgehead atoms. The Hall–Kier alpha value is -1.91. The number of carbonyl (C=O) groups excluding carboxylic acids is 1. The minimum Gasteiger partial charge on any atom is -0.356 e. The van der Waals surface area contributed by atoms with Crippen LogP contribution in [-0.4, -0.2) is 34.3 Å². The van der Waals surface area contributed by atoms with Gasteiger partial charge in [0.1, 0.15) is 24.1 Å². The Bertz CT molecular complexity index is 574. The third kappa shape index (κ3) is 2.20. The summed E-state index contributed by atoms with van der Waals surface area (Å²) in [5.74, 6) is 1.69. The number of nitrogens with one attached hydrogen (secondary N) is 1. The first-order chi connectivity index (χ1) is 9.29. The van der Waals surface area contributed by atoms with Gasteiger partial charge in [0.25, 0.3) is 0 Å². The lowest BCUT2D eigenvalue weighted by Gasteiger charge is -2.41. The van der Waals surface area contributed by atoms with Crippen molar-refractivity contribution >= 4 is 23.1 Å². The lowest BCUT2D eigenvalue weighted by atomic mass is 9.77. The third-order valence-electron chi connectivity index (χ3n) is 4.12. The number of carbonyl (C=O) groups is 1. The molecule has 1 N–H and O–H groups in total. The Morgan fingerprint density at radius 3 is 3.11 bits per heavy atom. The van der Waals surface area contributed by atoms with Crippen LogP contribution in [0.5, 0.6) is 0 Å². The fraction of sp³-hybridized carbons (Fsp3) is 0.500. The van der Waals surface area contributed by atoms with Crippen LogP contribution in [0.4, 0.5) is 5.82 Å². The summed E-state index contributed by atoms with van der Waals surface area (Å²) in [5.41, 5.74) is 0.883. The quantitative estimate of drug-likeness (QED) is 0.835. The van der Waals surface area contributed by atoms with E-state index in [2.05, 4.69) is 26.9 Å². The molecule has 0 aromatic carbocycles. The van der Waals surface area contributed by atoms with Gasteiger partial charge in [0, 0.05) is 25.7 Å². The summed E-state index contributed by atoms with van der Waals surface area (Å²) >= 11 is 0. The molecule has 0 atom stereocenters. The van der Waals surface area contributed by atoms with Crippen LogP contribution in [0.25, 0.3) is 11.0 Å². The maximum absolute atomic E-state index is 10.4. The predicted octanol–water partition coefficient (Wildman–Crippen LogP) is 2.15. The molecule has 1 aliphatic carbocycles. The Morgan fingerprint density at radius 1 is 1.47 bits per heavy atom. The number of rotatable bonds is 5. The fourth-order valence-electron chi connectivity index (χ4n) is 2.87. The SMILES string of the molecule is CN(c1ncnc2[nH]ccc12)[C@H]1C[C@@H](CCC=O)C1. The van der Waals surface area contributed by atoms with Crippen LogP contribution >= 0.6 is 0 Å². The normalized spacial score (nSPS) is 22.2. The average molecular weight is 258 g/mol. The zero-order valence-corrected chi connectivity index (χ0v) is 11.0. The van der Waals surface area contributed by atoms with E-state index in [1.54, 1.807) is 6.33 Å². The van der Waals surface area contributed by atoms with Crippen LogP contribution in [0.1, 0.15) is 25.7 Å². The summed E-state index contributed by atoms with van der Waals surface area (Å²) in [6, 6.07) is 2.55. The Morgan fingerprint density at radius 2 is 2.32 bits per heavy atom. The molecule has 5 nitrogen and oxygen atoms in total. The van der Waals surface area contributed by atoms with E-state index in [0.717, 1.165) is 42.4 Å². The van der Waals surface area contributed by atoms with E-state index in [4.69, 9.17) is 0 Å². The molecule has 19 heavy (non-hydrogen) atoms. The van der Waals surface area contributed by atoms with Crippen LogP contribution in [0, 0.1) is 5.92 Å². The molecule has 2 heterocycles. The van der Waals surface area contributed by atoms with Crippen molar-refractivity contribution in [1.29, 1.82) is 0 Å². The van der Waals surface area contributed by atoms with E-state index in [9.17, 15) is 4.79 Å². The van der Waals surface area contributed by atoms with Gasteiger partial charge in [-0.2, -0.15) is 0 Å². The van der Waals surface area contributed by atoms with Crippen molar-refractivity contribution in [3.8, 4) is 0 Å². The number of hydrogen-bond acceptors (Lipinski definition) is 4. The van der Waals surface area contributed by atoms with Gasteiger partial charge >= 0.3 is 0 Å². The summed E-state index contributed by atoms with van der Waals surface area (Å²) < 4.78 is 0. The molecule has 2 aromatic rings. The molecule has 0 spiro atoms. The average Bonchev–Trinajstić information content (AvgIpc) is 2.84. The molecule has 0 saturated heterocycles. The van der Waals surface area contributed by atoms with E-state index < -0.39 is 0 Å². The van der Waals surface area contributed by atoms with Gasteiger partial charge in [-0.1, -0.05) is 0 Å². The fourth-order valence-corrected chi connectivity index (χ4v) is 2.87. The van der Waals surface area contributed by atoms with Crippen molar-refractivity contribution < 1.29 is 4.79 Å². The highest BCUT2D eigenvalue weighted by Crippen LogP contribution is 2.37. The second-order valence-electron chi connectivity index (χ2n) is 5.28. The standard InChI is InChI=1S/C14H18N4O/c1-18(11-7-10(8-11)3-2-6-19)14-12-4-5-15-13(12)16-9-17-14/h4-6,9-11H,2-3,7-8H2,1H3,(H,15,16,17)/t10-,11+. The smallest absolute Gasteiger partial charge is 0.142 e. The number of aromatic amines is 1. The van der Waals surface area contributed by atoms with E-state index in [-0.39, 0.29) is 0 Å². The van der Waals surface area contributed by atoms with Crippen LogP contribution in [-0.2, 0) is 4.79 Å². The summed E-state index contributed by atoms with van der Waals surface area (Å²) in [6.45, 7) is 0. The first-order valence-corrected chi connectivity index (χ1v) is 6.74. The van der Waals surface area contributed by atoms with Crippen LogP contribution in [0.2, 0.25) is 0 Å². The van der Waals surface area contributed by atoms with Crippen molar-refractivity contribution in [3.05, 3.63) is 18.6 Å². The van der Waals surface area contributed by atoms with Crippen molar-refractivity contribution in [3.63, 3.8) is 0 Å². The van der Waals surface area contributed by atoms with Crippen molar-refractivity contribution in [2.45, 2.75) is 31.7 Å². The number of aromatic nitrogens is 3. The van der Waals surface area contributed by atoms with Gasteiger partial charge in [0.15, 0.2) is 0 Å². The van der Waals surface area contributed by atoms with Gasteiger partial charge < -0.3 is 14.7 Å². The number of nitrogens with zero attached hydrogens (tertiary/aromatic N) is 3. The van der Waals surface area contributed by atoms with E-state index in [0.29, 0.717) is 18.4 Å². The van der Waals surface area contributed by atoms with Gasteiger partial charge in [-0.05, 0) is 31.2 Å². The molecule has 3 rings (SSSR count). The number of hydrogen-bond donors (Lipinski definition) is 1. The van der Waals surface area contributed by atoms with E-state index >= 15 is 0 Å². The van der Waals surface area contributed by atoms with Gasteiger partial charge in [-0.3, -0.25) is 0 Å². The van der Waals surface area contributed by atoms with Crippen molar-refractivity contribution in [1.82, 2.24) is 15.0 Å². The summed E-state index contributed by atoms with van der Waals surface area (Å²) in [4.78, 5) is 24.3. The van der Waals surface area contributed by atoms with Gasteiger partial charge in [0.2, 0.25) is 0 Å². The maximum atomic E-state index is 10.4. The van der Waals surface area contributed by atoms with Crippen molar-refractivity contribution in [2.24, 2.45) is 5.92 Å². The molecule has 1 aliphatic rings. The lowest BCUT2D eigenvalue weighted by molar-refractivity contribution is -0.108. The van der Waals surface area contributed by atoms with Crippen LogP contribution in [0.15, 0.2) is 18.6 Å². The predicted molar refractivity (Wildman–Crippen MR) is 74.1 cm³/mol. The first-order valence-electron chi connectivity index (χ1n) is 6.74. The van der Waals surface area contributed by atoms with E-state index in [1.807, 2.05) is 12.3 Å². The second kappa shape index (κ2) is 4.99. The topological polar surface area (TPSA) is 61.9 Å². The number of aldehydes is 1. The van der Waals surface area contributed by atoms with Gasteiger partial charge in [-0.25, -0.2) is 9.97 Å². The summed E-state index contributed by atoms with van der Waals surface area (Å²) in [7, 11) is 2.09. The molecular formula is C14H18N4O. The largest absolute Gasteiger partial charge is 0.356 e. The Balaban J connectivity index is 1.70. The molecule has 5 heteroatoms. The molecule has 1 saturated carbocycles. The highest BCUT2D eigenvalue weighted by molar-refractivity contribution is 5.87. The minimum absolute atomic E-state index is 0.532. The van der Waals surface area contributed by atoms with Crippen LogP contribution < -0.4 is 4.90 Å². The van der Waals surface area contributed by atoms with E-state index in [1.165, 1.54) is 0 Å². The molecule has 2 aromatic heterocycles. The van der Waals surface area contributed by atoms with Crippen LogP contribution in [0.3, 0.4) is 0 Å². The maximum Gasteiger partial charge on any atom is 0.142 e. The number of H-pyrrole nitrogens is 1. The molecular weight excluding hydrogens is 240 g/mol. The summed E-state index contributed by atoms with van der Waals surface area (Å²) in [6.07, 6.45) is 8.54. The zero-order chi connectivity index (χ0) is 13.2. The van der Waals surface area contributed by atoms with Crippen molar-refractivity contribution in [2.75, 3.05) is 11.9 Å². The molecule has 0 amide bonds. The number of anilines is 1. The zero-order valence-electron chi connectivity index (χ0n) is 11.0. The highest BCUT2D eigenvalue weighted by atomic mass is 16.1.